The second-order valence-electron chi connectivity index (χ2n) is 15.0. The fourth-order valence-corrected chi connectivity index (χ4v) is 8.19. The lowest BCUT2D eigenvalue weighted by molar-refractivity contribution is -0.901. The van der Waals surface area contributed by atoms with Crippen LogP contribution in [0.1, 0.15) is 78.8 Å². The van der Waals surface area contributed by atoms with E-state index in [1.54, 1.807) is 27.7 Å². The average molecular weight is 768 g/mol. The highest BCUT2D eigenvalue weighted by atomic mass is 127. The zero-order chi connectivity index (χ0) is 34.6. The van der Waals surface area contributed by atoms with Crippen molar-refractivity contribution in [3.05, 3.63) is 59.2 Å². The Morgan fingerprint density at radius 1 is 1.02 bits per heavy atom. The Morgan fingerprint density at radius 2 is 1.60 bits per heavy atom. The number of hydrogen-bond donors (Lipinski definition) is 2. The Morgan fingerprint density at radius 3 is 2.13 bits per heavy atom. The lowest BCUT2D eigenvalue weighted by Crippen LogP contribution is -3.00. The van der Waals surface area contributed by atoms with Crippen molar-refractivity contribution in [1.29, 1.82) is 0 Å². The first-order valence-corrected chi connectivity index (χ1v) is 15.9. The normalized spacial score (nSPS) is 32.5. The van der Waals surface area contributed by atoms with Crippen LogP contribution in [0, 0.1) is 16.7 Å². The number of carbonyl (C=O) groups is 4. The largest absolute Gasteiger partial charge is 1.00 e. The quantitative estimate of drug-likeness (QED) is 0.137. The maximum atomic E-state index is 13.6. The third-order valence-corrected chi connectivity index (χ3v) is 10.8. The van der Waals surface area contributed by atoms with Crippen LogP contribution in [0.5, 0.6) is 0 Å². The summed E-state index contributed by atoms with van der Waals surface area (Å²) in [7, 11) is 6.02. The zero-order valence-electron chi connectivity index (χ0n) is 29.0. The average Bonchev–Trinajstić information content (AvgIpc) is 2.94. The van der Waals surface area contributed by atoms with Crippen molar-refractivity contribution in [2.45, 2.75) is 103 Å². The molecule has 0 aliphatic heterocycles. The van der Waals surface area contributed by atoms with E-state index in [4.69, 9.17) is 14.2 Å². The minimum Gasteiger partial charge on any atom is -1.00 e. The molecular weight excluding hydrogens is 717 g/mol. The summed E-state index contributed by atoms with van der Waals surface area (Å²) >= 11 is 0. The Bertz CT molecular complexity index is 1450. The molecule has 2 fully saturated rings. The van der Waals surface area contributed by atoms with Gasteiger partial charge in [0, 0.05) is 42.6 Å². The van der Waals surface area contributed by atoms with Gasteiger partial charge in [-0.1, -0.05) is 57.7 Å². The second-order valence-corrected chi connectivity index (χ2v) is 15.0. The van der Waals surface area contributed by atoms with Crippen LogP contribution in [-0.4, -0.2) is 89.5 Å². The predicted molar refractivity (Wildman–Crippen MR) is 170 cm³/mol. The van der Waals surface area contributed by atoms with Gasteiger partial charge < -0.3 is 52.9 Å². The van der Waals surface area contributed by atoms with Crippen molar-refractivity contribution in [2.75, 3.05) is 21.1 Å². The van der Waals surface area contributed by atoms with Crippen LogP contribution in [0.4, 0.5) is 0 Å². The number of rotatable bonds is 7. The van der Waals surface area contributed by atoms with Crippen LogP contribution >= 0.6 is 0 Å². The molecule has 0 spiro atoms. The van der Waals surface area contributed by atoms with Gasteiger partial charge in [0.05, 0.1) is 21.1 Å². The molecule has 1 unspecified atom stereocenters. The summed E-state index contributed by atoms with van der Waals surface area (Å²) < 4.78 is 18.3. The Balaban J connectivity index is 0.00000600. The van der Waals surface area contributed by atoms with Crippen LogP contribution in [0.3, 0.4) is 0 Å². The molecule has 4 rings (SSSR count). The number of quaternary nitrogens is 1. The SMILES string of the molecule is C=C1[C@@H](OC(=O)CC(c2ccccc2)[N+](C)(C)C)CC[C@@]2(C)[C@@H](O)[C@H](OC(C)=O)C3=C(C)C(=O)C[C@@](O)([C@@H](OC(C)=O)[C@H]12)C3(C)C.[I-]. The van der Waals surface area contributed by atoms with E-state index in [1.165, 1.54) is 13.8 Å². The molecule has 2 bridgehead atoms. The van der Waals surface area contributed by atoms with E-state index >= 15 is 0 Å². The van der Waals surface area contributed by atoms with Crippen molar-refractivity contribution in [3.8, 4) is 0 Å². The highest BCUT2D eigenvalue weighted by Crippen LogP contribution is 2.61. The number of nitrogens with zero attached hydrogens (tertiary/aromatic N) is 1. The highest BCUT2D eigenvalue weighted by Gasteiger charge is 2.68. The van der Waals surface area contributed by atoms with E-state index in [-0.39, 0.29) is 66.8 Å². The van der Waals surface area contributed by atoms with Crippen LogP contribution in [0.15, 0.2) is 53.6 Å². The van der Waals surface area contributed by atoms with Gasteiger partial charge in [-0.3, -0.25) is 19.2 Å². The van der Waals surface area contributed by atoms with Gasteiger partial charge in [0.25, 0.3) is 0 Å². The first-order valence-electron chi connectivity index (χ1n) is 15.9. The molecule has 0 amide bonds. The van der Waals surface area contributed by atoms with Crippen LogP contribution in [0.25, 0.3) is 0 Å². The number of ether oxygens (including phenoxy) is 3. The van der Waals surface area contributed by atoms with Crippen LogP contribution in [-0.2, 0) is 33.4 Å². The Labute approximate surface area is 295 Å². The number of ketones is 1. The van der Waals surface area contributed by atoms with E-state index in [9.17, 15) is 29.4 Å². The van der Waals surface area contributed by atoms with Gasteiger partial charge >= 0.3 is 17.9 Å². The van der Waals surface area contributed by atoms with E-state index in [2.05, 4.69) is 6.58 Å². The van der Waals surface area contributed by atoms with Crippen LogP contribution < -0.4 is 24.0 Å². The zero-order valence-corrected chi connectivity index (χ0v) is 31.1. The molecule has 11 heteroatoms. The number of Topliss-reactive ketones (excluding diaryl/α,β-unsaturated/α-hetero) is 1. The van der Waals surface area contributed by atoms with Crippen molar-refractivity contribution in [2.24, 2.45) is 16.7 Å². The number of hydrogen-bond acceptors (Lipinski definition) is 9. The summed E-state index contributed by atoms with van der Waals surface area (Å²) in [6, 6.07) is 9.53. The first-order chi connectivity index (χ1) is 21.2. The molecule has 8 atom stereocenters. The maximum Gasteiger partial charge on any atom is 0.312 e. The van der Waals surface area contributed by atoms with Crippen LogP contribution in [0.2, 0.25) is 0 Å². The minimum absolute atomic E-state index is 0. The topological polar surface area (TPSA) is 136 Å². The molecular formula is C36H50INO9. The standard InChI is InChI=1S/C36H50NO9.HI/c1-20-26(40)19-36(43)33(45-23(4)39)30-21(2)27(46-28(41)18-25(37(8,9)10)24-14-12-11-13-15-24)16-17-35(30,7)32(42)31(44-22(3)38)29(20)34(36,5)6;/h11-15,25,27,30-33,42-43H,2,16-19H2,1,3-10H3;1H/q+1;/p-1/t25?,27-,30-,31+,32-,33-,35+,36+;/m0./s1. The highest BCUT2D eigenvalue weighted by molar-refractivity contribution is 5.98. The maximum absolute atomic E-state index is 13.6. The molecule has 0 aromatic heterocycles. The van der Waals surface area contributed by atoms with E-state index in [0.717, 1.165) is 5.56 Å². The summed E-state index contributed by atoms with van der Waals surface area (Å²) in [5.41, 5.74) is -2.54. The molecule has 10 nitrogen and oxygen atoms in total. The molecule has 1 aromatic rings. The molecule has 2 N–H and O–H groups in total. The molecule has 0 saturated heterocycles. The summed E-state index contributed by atoms with van der Waals surface area (Å²) in [5, 5.41) is 24.8. The number of fused-ring (bicyclic) bond motifs is 3. The van der Waals surface area contributed by atoms with Gasteiger partial charge in [0.15, 0.2) is 11.9 Å². The van der Waals surface area contributed by atoms with Gasteiger partial charge in [0.2, 0.25) is 0 Å². The van der Waals surface area contributed by atoms with Gasteiger partial charge in [-0.2, -0.15) is 0 Å². The third kappa shape index (κ3) is 6.95. The molecule has 260 valence electrons. The van der Waals surface area contributed by atoms with E-state index in [0.29, 0.717) is 10.1 Å². The summed E-state index contributed by atoms with van der Waals surface area (Å²) in [6.45, 7) is 13.5. The monoisotopic (exact) mass is 767 g/mol. The second kappa shape index (κ2) is 13.7. The number of esters is 3. The molecule has 2 saturated carbocycles. The van der Waals surface area contributed by atoms with Gasteiger partial charge in [-0.05, 0) is 36.5 Å². The number of aliphatic hydroxyl groups excluding tert-OH is 1. The molecule has 3 aliphatic carbocycles. The van der Waals surface area contributed by atoms with E-state index in [1.807, 2.05) is 51.5 Å². The third-order valence-electron chi connectivity index (χ3n) is 10.8. The summed E-state index contributed by atoms with van der Waals surface area (Å²) in [6.07, 6.45) is -4.57. The number of aliphatic hydroxyl groups is 2. The van der Waals surface area contributed by atoms with Crippen molar-refractivity contribution in [3.63, 3.8) is 0 Å². The van der Waals surface area contributed by atoms with Crippen molar-refractivity contribution in [1.82, 2.24) is 0 Å². The lowest BCUT2D eigenvalue weighted by atomic mass is 9.48. The van der Waals surface area contributed by atoms with Crippen molar-refractivity contribution < 1.29 is 72.1 Å². The fraction of sp³-hybridized carbons (Fsp3) is 0.611. The molecule has 47 heavy (non-hydrogen) atoms. The predicted octanol–water partition coefficient (Wildman–Crippen LogP) is 0.997. The molecule has 1 aromatic carbocycles. The first kappa shape index (κ1) is 38.8. The van der Waals surface area contributed by atoms with Gasteiger partial charge in [-0.25, -0.2) is 0 Å². The molecule has 3 aliphatic rings. The van der Waals surface area contributed by atoms with E-state index < -0.39 is 70.5 Å². The summed E-state index contributed by atoms with van der Waals surface area (Å²) in [5.74, 6) is -3.19. The Kier molecular flexibility index (Phi) is 11.3. The number of halogens is 1. The van der Waals surface area contributed by atoms with Gasteiger partial charge in [-0.15, -0.1) is 0 Å². The molecule has 0 radical (unpaired) electrons. The molecule has 0 heterocycles. The fourth-order valence-electron chi connectivity index (χ4n) is 8.19. The van der Waals surface area contributed by atoms with Gasteiger partial charge in [0.1, 0.15) is 36.4 Å². The van der Waals surface area contributed by atoms with Crippen molar-refractivity contribution >= 4 is 23.7 Å². The Hall–Kier alpha value is -2.61. The lowest BCUT2D eigenvalue weighted by Gasteiger charge is -2.61. The number of carbonyl (C=O) groups excluding carboxylic acids is 4. The number of allylic oxidation sites excluding steroid dienone is 1. The summed E-state index contributed by atoms with van der Waals surface area (Å²) in [4.78, 5) is 52.2. The smallest absolute Gasteiger partial charge is 0.312 e. The number of benzene rings is 1. The minimum atomic E-state index is -1.98.